The summed E-state index contributed by atoms with van der Waals surface area (Å²) in [4.78, 5) is 35.2. The van der Waals surface area contributed by atoms with E-state index in [9.17, 15) is 14.4 Å². The van der Waals surface area contributed by atoms with Crippen LogP contribution in [0.2, 0.25) is 0 Å². The van der Waals surface area contributed by atoms with Gasteiger partial charge in [-0.1, -0.05) is 0 Å². The van der Waals surface area contributed by atoms with Crippen molar-refractivity contribution < 1.29 is 9.53 Å². The molecular weight excluding hydrogens is 312 g/mol. The van der Waals surface area contributed by atoms with Gasteiger partial charge in [-0.25, -0.2) is 9.59 Å². The van der Waals surface area contributed by atoms with Gasteiger partial charge in [0.05, 0.1) is 17.8 Å². The Balaban J connectivity index is 1.98. The Hall–Kier alpha value is -2.90. The zero-order valence-electron chi connectivity index (χ0n) is 14.1. The highest BCUT2D eigenvalue weighted by Crippen LogP contribution is 2.01. The molecular formula is C16H20N4O4. The molecule has 2 heterocycles. The number of nitrogens with zero attached hydrogens (tertiary/aromatic N) is 4. The van der Waals surface area contributed by atoms with Crippen LogP contribution in [-0.2, 0) is 30.2 Å². The van der Waals surface area contributed by atoms with Crippen LogP contribution in [0.25, 0.3) is 6.08 Å². The molecule has 0 amide bonds. The molecule has 0 aromatic carbocycles. The van der Waals surface area contributed by atoms with Gasteiger partial charge in [0.2, 0.25) is 0 Å². The molecule has 0 spiro atoms. The summed E-state index contributed by atoms with van der Waals surface area (Å²) >= 11 is 0. The predicted octanol–water partition coefficient (Wildman–Crippen LogP) is 0.154. The monoisotopic (exact) mass is 332 g/mol. The summed E-state index contributed by atoms with van der Waals surface area (Å²) in [5, 5.41) is 4.27. The first-order valence-electron chi connectivity index (χ1n) is 7.42. The average Bonchev–Trinajstić information content (AvgIpc) is 2.85. The Labute approximate surface area is 138 Å². The Kier molecular flexibility index (Phi) is 5.18. The zero-order valence-corrected chi connectivity index (χ0v) is 14.1. The second-order valence-electron chi connectivity index (χ2n) is 5.49. The van der Waals surface area contributed by atoms with Gasteiger partial charge in [0.15, 0.2) is 0 Å². The van der Waals surface area contributed by atoms with E-state index in [0.717, 1.165) is 16.0 Å². The minimum Gasteiger partial charge on any atom is -0.461 e. The molecule has 2 aromatic heterocycles. The summed E-state index contributed by atoms with van der Waals surface area (Å²) in [6.45, 7) is 4.46. The van der Waals surface area contributed by atoms with Crippen molar-refractivity contribution >= 4 is 12.0 Å². The van der Waals surface area contributed by atoms with Crippen molar-refractivity contribution in [1.29, 1.82) is 0 Å². The maximum atomic E-state index is 11.9. The molecule has 0 aliphatic rings. The minimum absolute atomic E-state index is 0.177. The van der Waals surface area contributed by atoms with E-state index >= 15 is 0 Å². The van der Waals surface area contributed by atoms with Crippen molar-refractivity contribution in [2.45, 2.75) is 20.4 Å². The molecule has 0 unspecified atom stereocenters. The number of rotatable bonds is 5. The third-order valence-electron chi connectivity index (χ3n) is 3.52. The number of hydrogen-bond donors (Lipinski definition) is 0. The SMILES string of the molecule is Cc1cc(C)n(CCOC(=O)/C=C/c2cn(C)c(=O)n(C)c2=O)n1. The van der Waals surface area contributed by atoms with E-state index in [0.29, 0.717) is 6.54 Å². The maximum Gasteiger partial charge on any atom is 0.330 e. The fourth-order valence-corrected chi connectivity index (χ4v) is 2.29. The van der Waals surface area contributed by atoms with Crippen molar-refractivity contribution in [1.82, 2.24) is 18.9 Å². The van der Waals surface area contributed by atoms with E-state index in [1.165, 1.54) is 37.0 Å². The highest BCUT2D eigenvalue weighted by Gasteiger charge is 2.06. The van der Waals surface area contributed by atoms with Crippen molar-refractivity contribution in [3.63, 3.8) is 0 Å². The van der Waals surface area contributed by atoms with E-state index in [1.807, 2.05) is 19.9 Å². The topological polar surface area (TPSA) is 88.1 Å². The predicted molar refractivity (Wildman–Crippen MR) is 88.6 cm³/mol. The smallest absolute Gasteiger partial charge is 0.330 e. The Morgan fingerprint density at radius 2 is 2.00 bits per heavy atom. The summed E-state index contributed by atoms with van der Waals surface area (Å²) in [7, 11) is 2.92. The molecule has 0 atom stereocenters. The molecule has 0 aliphatic carbocycles. The molecule has 0 N–H and O–H groups in total. The van der Waals surface area contributed by atoms with Crippen molar-refractivity contribution in [3.05, 3.63) is 56.1 Å². The number of esters is 1. The van der Waals surface area contributed by atoms with Crippen LogP contribution < -0.4 is 11.2 Å². The van der Waals surface area contributed by atoms with Gasteiger partial charge in [0.1, 0.15) is 6.61 Å². The second kappa shape index (κ2) is 7.12. The number of aryl methyl sites for hydroxylation is 3. The number of carbonyl (C=O) groups excluding carboxylic acids is 1. The molecule has 8 nitrogen and oxygen atoms in total. The zero-order chi connectivity index (χ0) is 17.9. The van der Waals surface area contributed by atoms with Crippen LogP contribution in [0.3, 0.4) is 0 Å². The van der Waals surface area contributed by atoms with Crippen LogP contribution in [0.1, 0.15) is 17.0 Å². The molecule has 2 rings (SSSR count). The van der Waals surface area contributed by atoms with Gasteiger partial charge in [-0.2, -0.15) is 5.10 Å². The largest absolute Gasteiger partial charge is 0.461 e. The lowest BCUT2D eigenvalue weighted by molar-refractivity contribution is -0.138. The molecule has 0 fully saturated rings. The molecule has 128 valence electrons. The summed E-state index contributed by atoms with van der Waals surface area (Å²) < 4.78 is 9.10. The van der Waals surface area contributed by atoms with Gasteiger partial charge in [0, 0.05) is 32.1 Å². The fraction of sp³-hybridized carbons (Fsp3) is 0.375. The molecule has 0 bridgehead atoms. The van der Waals surface area contributed by atoms with E-state index in [1.54, 1.807) is 4.68 Å². The van der Waals surface area contributed by atoms with Crippen LogP contribution in [-0.4, -0.2) is 31.5 Å². The lowest BCUT2D eigenvalue weighted by atomic mass is 10.3. The van der Waals surface area contributed by atoms with Crippen LogP contribution in [0.5, 0.6) is 0 Å². The molecule has 2 aromatic rings. The third-order valence-corrected chi connectivity index (χ3v) is 3.52. The minimum atomic E-state index is -0.563. The third kappa shape index (κ3) is 3.89. The van der Waals surface area contributed by atoms with E-state index < -0.39 is 17.2 Å². The highest BCUT2D eigenvalue weighted by atomic mass is 16.5. The van der Waals surface area contributed by atoms with Gasteiger partial charge in [-0.3, -0.25) is 14.0 Å². The number of carbonyl (C=O) groups is 1. The fourth-order valence-electron chi connectivity index (χ4n) is 2.29. The number of aromatic nitrogens is 4. The molecule has 8 heteroatoms. The highest BCUT2D eigenvalue weighted by molar-refractivity contribution is 5.86. The molecule has 0 radical (unpaired) electrons. The maximum absolute atomic E-state index is 11.9. The average molecular weight is 332 g/mol. The van der Waals surface area contributed by atoms with E-state index in [-0.39, 0.29) is 12.2 Å². The first kappa shape index (κ1) is 17.5. The Bertz CT molecular complexity index is 902. The number of ether oxygens (including phenoxy) is 1. The van der Waals surface area contributed by atoms with Crippen molar-refractivity contribution in [2.24, 2.45) is 14.1 Å². The van der Waals surface area contributed by atoms with E-state index in [4.69, 9.17) is 4.74 Å². The summed E-state index contributed by atoms with van der Waals surface area (Å²) in [5.74, 6) is -0.563. The Morgan fingerprint density at radius 1 is 1.29 bits per heavy atom. The summed E-state index contributed by atoms with van der Waals surface area (Å²) in [5.41, 5.74) is 1.24. The summed E-state index contributed by atoms with van der Waals surface area (Å²) in [6, 6.07) is 1.94. The molecule has 24 heavy (non-hydrogen) atoms. The molecule has 0 saturated carbocycles. The Morgan fingerprint density at radius 3 is 2.62 bits per heavy atom. The standard InChI is InChI=1S/C16H20N4O4/c1-11-9-12(2)20(17-11)7-8-24-14(21)6-5-13-10-18(3)16(23)19(4)15(13)22/h5-6,9-10H,7-8H2,1-4H3/b6-5+. The van der Waals surface area contributed by atoms with Crippen LogP contribution in [0.4, 0.5) is 0 Å². The van der Waals surface area contributed by atoms with Gasteiger partial charge in [-0.05, 0) is 26.0 Å². The first-order chi connectivity index (χ1) is 11.3. The van der Waals surface area contributed by atoms with Crippen LogP contribution in [0.15, 0.2) is 27.9 Å². The number of hydrogen-bond acceptors (Lipinski definition) is 5. The van der Waals surface area contributed by atoms with Crippen LogP contribution >= 0.6 is 0 Å². The lowest BCUT2D eigenvalue weighted by Gasteiger charge is -2.05. The molecule has 0 saturated heterocycles. The van der Waals surface area contributed by atoms with Crippen molar-refractivity contribution in [3.8, 4) is 0 Å². The molecule has 0 aliphatic heterocycles. The van der Waals surface area contributed by atoms with Gasteiger partial charge < -0.3 is 9.30 Å². The van der Waals surface area contributed by atoms with E-state index in [2.05, 4.69) is 5.10 Å². The van der Waals surface area contributed by atoms with Gasteiger partial charge in [0.25, 0.3) is 5.56 Å². The first-order valence-corrected chi connectivity index (χ1v) is 7.42. The van der Waals surface area contributed by atoms with Gasteiger partial charge >= 0.3 is 11.7 Å². The second-order valence-corrected chi connectivity index (χ2v) is 5.49. The van der Waals surface area contributed by atoms with Crippen LogP contribution in [0, 0.1) is 13.8 Å². The van der Waals surface area contributed by atoms with Gasteiger partial charge in [-0.15, -0.1) is 0 Å². The van der Waals surface area contributed by atoms with Crippen molar-refractivity contribution in [2.75, 3.05) is 6.61 Å². The lowest BCUT2D eigenvalue weighted by Crippen LogP contribution is -2.37. The normalized spacial score (nSPS) is 11.2. The quantitative estimate of drug-likeness (QED) is 0.575. The summed E-state index contributed by atoms with van der Waals surface area (Å²) in [6.07, 6.45) is 3.89.